The van der Waals surface area contributed by atoms with Gasteiger partial charge in [0.1, 0.15) is 0 Å². The van der Waals surface area contributed by atoms with Crippen molar-refractivity contribution in [2.45, 2.75) is 13.5 Å². The molecule has 13 heavy (non-hydrogen) atoms. The Kier molecular flexibility index (Phi) is 4.94. The van der Waals surface area contributed by atoms with Gasteiger partial charge in [0.25, 0.3) is 0 Å². The van der Waals surface area contributed by atoms with Gasteiger partial charge in [-0.1, -0.05) is 6.92 Å². The molecule has 1 unspecified atom stereocenters. The molecule has 2 nitrogen and oxygen atoms in total. The third-order valence-corrected chi connectivity index (χ3v) is 3.51. The normalized spacial score (nSPS) is 13.2. The molecule has 0 bridgehead atoms. The first-order valence-corrected chi connectivity index (χ1v) is 6.03. The van der Waals surface area contributed by atoms with Gasteiger partial charge in [0, 0.05) is 21.3 Å². The lowest BCUT2D eigenvalue weighted by Crippen LogP contribution is -2.25. The second kappa shape index (κ2) is 5.75. The Labute approximate surface area is 91.7 Å². The molecule has 0 aromatic carbocycles. The number of nitrogens with one attached hydrogen (secondary N) is 1. The molecule has 3 N–H and O–H groups in total. The second-order valence-electron chi connectivity index (χ2n) is 3.20. The smallest absolute Gasteiger partial charge is 0.0300 e. The van der Waals surface area contributed by atoms with Crippen molar-refractivity contribution in [3.8, 4) is 0 Å². The molecule has 0 aliphatic heterocycles. The van der Waals surface area contributed by atoms with Gasteiger partial charge in [0.2, 0.25) is 0 Å². The molecule has 0 fully saturated rings. The van der Waals surface area contributed by atoms with E-state index in [1.54, 1.807) is 11.3 Å². The van der Waals surface area contributed by atoms with Gasteiger partial charge in [0.15, 0.2) is 0 Å². The zero-order valence-corrected chi connectivity index (χ0v) is 10.1. The molecule has 4 heteroatoms. The molecular formula is C9H15BrN2S. The van der Waals surface area contributed by atoms with Crippen LogP contribution in [0.5, 0.6) is 0 Å². The largest absolute Gasteiger partial charge is 0.330 e. The highest BCUT2D eigenvalue weighted by Gasteiger charge is 1.99. The van der Waals surface area contributed by atoms with Gasteiger partial charge < -0.3 is 11.1 Å². The third-order valence-electron chi connectivity index (χ3n) is 1.82. The molecule has 0 saturated heterocycles. The topological polar surface area (TPSA) is 38.0 Å². The molecule has 0 radical (unpaired) electrons. The molecule has 0 aliphatic carbocycles. The Morgan fingerprint density at radius 1 is 1.69 bits per heavy atom. The molecule has 0 amide bonds. The van der Waals surface area contributed by atoms with Gasteiger partial charge in [-0.05, 0) is 41.0 Å². The van der Waals surface area contributed by atoms with Crippen LogP contribution < -0.4 is 11.1 Å². The van der Waals surface area contributed by atoms with Crippen LogP contribution in [-0.4, -0.2) is 13.1 Å². The summed E-state index contributed by atoms with van der Waals surface area (Å²) in [5, 5.41) is 5.48. The van der Waals surface area contributed by atoms with Crippen molar-refractivity contribution in [1.82, 2.24) is 5.32 Å². The average Bonchev–Trinajstić information content (AvgIpc) is 2.51. The minimum absolute atomic E-state index is 0.559. The first-order valence-electron chi connectivity index (χ1n) is 4.36. The summed E-state index contributed by atoms with van der Waals surface area (Å²) < 4.78 is 1.17. The zero-order valence-electron chi connectivity index (χ0n) is 7.72. The van der Waals surface area contributed by atoms with Crippen LogP contribution in [0, 0.1) is 5.92 Å². The summed E-state index contributed by atoms with van der Waals surface area (Å²) in [6.45, 7) is 4.84. The van der Waals surface area contributed by atoms with E-state index in [4.69, 9.17) is 5.73 Å². The number of hydrogen-bond acceptors (Lipinski definition) is 3. The molecule has 1 heterocycles. The first kappa shape index (κ1) is 11.2. The summed E-state index contributed by atoms with van der Waals surface area (Å²) in [6.07, 6.45) is 0. The number of hydrogen-bond donors (Lipinski definition) is 2. The number of thiophene rings is 1. The molecule has 1 aromatic rings. The number of nitrogens with two attached hydrogens (primary N) is 1. The van der Waals surface area contributed by atoms with Crippen molar-refractivity contribution in [3.63, 3.8) is 0 Å². The van der Waals surface area contributed by atoms with E-state index in [1.807, 2.05) is 0 Å². The summed E-state index contributed by atoms with van der Waals surface area (Å²) >= 11 is 5.20. The van der Waals surface area contributed by atoms with Crippen LogP contribution in [0.1, 0.15) is 11.8 Å². The number of halogens is 1. The Bertz CT molecular complexity index is 250. The molecule has 1 rings (SSSR count). The van der Waals surface area contributed by atoms with E-state index in [9.17, 15) is 0 Å². The molecule has 0 saturated carbocycles. The van der Waals surface area contributed by atoms with Crippen molar-refractivity contribution in [2.24, 2.45) is 11.7 Å². The Morgan fingerprint density at radius 2 is 2.46 bits per heavy atom. The monoisotopic (exact) mass is 262 g/mol. The first-order chi connectivity index (χ1) is 6.22. The van der Waals surface area contributed by atoms with E-state index in [2.05, 4.69) is 39.6 Å². The second-order valence-corrected chi connectivity index (χ2v) is 5.11. The van der Waals surface area contributed by atoms with Crippen LogP contribution in [-0.2, 0) is 6.54 Å². The van der Waals surface area contributed by atoms with Gasteiger partial charge >= 0.3 is 0 Å². The number of rotatable bonds is 5. The van der Waals surface area contributed by atoms with Crippen molar-refractivity contribution in [3.05, 3.63) is 20.8 Å². The lowest BCUT2D eigenvalue weighted by Gasteiger charge is -2.08. The highest BCUT2D eigenvalue weighted by atomic mass is 79.9. The highest BCUT2D eigenvalue weighted by Crippen LogP contribution is 2.19. The van der Waals surface area contributed by atoms with E-state index >= 15 is 0 Å². The van der Waals surface area contributed by atoms with Crippen LogP contribution in [0.3, 0.4) is 0 Å². The molecule has 0 aliphatic rings. The van der Waals surface area contributed by atoms with Crippen LogP contribution in [0.15, 0.2) is 15.9 Å². The van der Waals surface area contributed by atoms with E-state index < -0.39 is 0 Å². The SMILES string of the molecule is CC(CN)CNCc1cc(Br)cs1. The fraction of sp³-hybridized carbons (Fsp3) is 0.556. The Balaban J connectivity index is 2.20. The molecule has 0 spiro atoms. The fourth-order valence-electron chi connectivity index (χ4n) is 0.972. The quantitative estimate of drug-likeness (QED) is 0.854. The summed E-state index contributed by atoms with van der Waals surface area (Å²) in [4.78, 5) is 1.36. The minimum Gasteiger partial charge on any atom is -0.330 e. The predicted molar refractivity (Wildman–Crippen MR) is 61.9 cm³/mol. The van der Waals surface area contributed by atoms with Gasteiger partial charge in [-0.2, -0.15) is 0 Å². The van der Waals surface area contributed by atoms with Crippen LogP contribution in [0.2, 0.25) is 0 Å². The predicted octanol–water partition coefficient (Wildman–Crippen LogP) is 2.20. The van der Waals surface area contributed by atoms with Crippen LogP contribution in [0.25, 0.3) is 0 Å². The van der Waals surface area contributed by atoms with E-state index in [-0.39, 0.29) is 0 Å². The summed E-state index contributed by atoms with van der Waals surface area (Å²) in [6, 6.07) is 2.14. The van der Waals surface area contributed by atoms with Crippen molar-refractivity contribution < 1.29 is 0 Å². The van der Waals surface area contributed by atoms with E-state index in [0.717, 1.165) is 19.6 Å². The maximum Gasteiger partial charge on any atom is 0.0300 e. The lowest BCUT2D eigenvalue weighted by atomic mass is 10.2. The van der Waals surface area contributed by atoms with Crippen molar-refractivity contribution >= 4 is 27.3 Å². The van der Waals surface area contributed by atoms with Crippen molar-refractivity contribution in [2.75, 3.05) is 13.1 Å². The maximum atomic E-state index is 5.51. The minimum atomic E-state index is 0.559. The van der Waals surface area contributed by atoms with Gasteiger partial charge in [0.05, 0.1) is 0 Å². The summed E-state index contributed by atoms with van der Waals surface area (Å²) in [5.74, 6) is 0.559. The van der Waals surface area contributed by atoms with E-state index in [0.29, 0.717) is 5.92 Å². The van der Waals surface area contributed by atoms with Gasteiger partial charge in [-0.3, -0.25) is 0 Å². The third kappa shape index (κ3) is 4.22. The Hall–Kier alpha value is 0.1000. The van der Waals surface area contributed by atoms with E-state index in [1.165, 1.54) is 9.35 Å². The highest BCUT2D eigenvalue weighted by molar-refractivity contribution is 9.10. The van der Waals surface area contributed by atoms with Crippen LogP contribution >= 0.6 is 27.3 Å². The lowest BCUT2D eigenvalue weighted by molar-refractivity contribution is 0.524. The molecular weight excluding hydrogens is 248 g/mol. The summed E-state index contributed by atoms with van der Waals surface area (Å²) in [7, 11) is 0. The maximum absolute atomic E-state index is 5.51. The standard InChI is InChI=1S/C9H15BrN2S/c1-7(3-11)4-12-5-9-2-8(10)6-13-9/h2,6-7,12H,3-5,11H2,1H3. The van der Waals surface area contributed by atoms with Gasteiger partial charge in [-0.15, -0.1) is 11.3 Å². The Morgan fingerprint density at radius 3 is 3.00 bits per heavy atom. The zero-order chi connectivity index (χ0) is 9.68. The molecule has 1 aromatic heterocycles. The average molecular weight is 263 g/mol. The van der Waals surface area contributed by atoms with Crippen molar-refractivity contribution in [1.29, 1.82) is 0 Å². The van der Waals surface area contributed by atoms with Crippen LogP contribution in [0.4, 0.5) is 0 Å². The molecule has 74 valence electrons. The molecule has 1 atom stereocenters. The van der Waals surface area contributed by atoms with Gasteiger partial charge in [-0.25, -0.2) is 0 Å². The fourth-order valence-corrected chi connectivity index (χ4v) is 2.39. The summed E-state index contributed by atoms with van der Waals surface area (Å²) in [5.41, 5.74) is 5.51.